The van der Waals surface area contributed by atoms with Gasteiger partial charge in [0, 0.05) is 32.6 Å². The average Bonchev–Trinajstić information content (AvgIpc) is 2.91. The van der Waals surface area contributed by atoms with Gasteiger partial charge < -0.3 is 10.6 Å². The highest BCUT2D eigenvalue weighted by Crippen LogP contribution is 2.22. The molecule has 128 valence electrons. The molecule has 0 aliphatic carbocycles. The van der Waals surface area contributed by atoms with Crippen LogP contribution in [0.3, 0.4) is 0 Å². The molecule has 0 aliphatic heterocycles. The predicted molar refractivity (Wildman–Crippen MR) is 93.8 cm³/mol. The second kappa shape index (κ2) is 7.77. The van der Waals surface area contributed by atoms with E-state index in [2.05, 4.69) is 41.7 Å². The number of aromatic nitrogens is 2. The summed E-state index contributed by atoms with van der Waals surface area (Å²) in [4.78, 5) is 23.0. The Morgan fingerprint density at radius 1 is 1.08 bits per heavy atom. The Bertz CT molecular complexity index is 749. The number of nitrogens with zero attached hydrogens (tertiary/aromatic N) is 2. The van der Waals surface area contributed by atoms with E-state index >= 15 is 0 Å². The summed E-state index contributed by atoms with van der Waals surface area (Å²) in [5.41, 5.74) is 4.78. The topological polar surface area (TPSA) is 76.0 Å². The van der Waals surface area contributed by atoms with Gasteiger partial charge in [0.05, 0.1) is 5.69 Å². The smallest absolute Gasteiger partial charge is 0.271 e. The highest BCUT2D eigenvalue weighted by atomic mass is 16.2. The van der Waals surface area contributed by atoms with Gasteiger partial charge >= 0.3 is 0 Å². The van der Waals surface area contributed by atoms with Crippen LogP contribution < -0.4 is 10.6 Å². The molecule has 0 aliphatic rings. The largest absolute Gasteiger partial charge is 0.356 e. The normalized spacial score (nSPS) is 10.5. The fourth-order valence-electron chi connectivity index (χ4n) is 2.39. The zero-order chi connectivity index (χ0) is 17.7. The van der Waals surface area contributed by atoms with Gasteiger partial charge in [-0.25, -0.2) is 0 Å². The zero-order valence-electron chi connectivity index (χ0n) is 14.6. The van der Waals surface area contributed by atoms with Crippen LogP contribution in [0.25, 0.3) is 11.3 Å². The molecule has 6 nitrogen and oxygen atoms in total. The van der Waals surface area contributed by atoms with Gasteiger partial charge in [-0.2, -0.15) is 5.10 Å². The molecule has 0 radical (unpaired) electrons. The number of rotatable bonds is 6. The van der Waals surface area contributed by atoms with E-state index in [9.17, 15) is 9.59 Å². The van der Waals surface area contributed by atoms with Gasteiger partial charge in [0.1, 0.15) is 0 Å². The standard InChI is InChI=1S/C18H24N4O2/c1-12-6-7-15(10-13(12)2)17-11-16(21-22(17)4)18(24)20-9-5-8-19-14(3)23/h6-7,10-11H,5,8-9H2,1-4H3,(H,19,23)(H,20,24). The Morgan fingerprint density at radius 2 is 1.79 bits per heavy atom. The molecule has 2 N–H and O–H groups in total. The molecule has 2 amide bonds. The average molecular weight is 328 g/mol. The van der Waals surface area contributed by atoms with Crippen molar-refractivity contribution in [3.05, 3.63) is 41.1 Å². The van der Waals surface area contributed by atoms with Crippen molar-refractivity contribution in [2.45, 2.75) is 27.2 Å². The summed E-state index contributed by atoms with van der Waals surface area (Å²) in [6.45, 7) is 6.65. The Morgan fingerprint density at radius 3 is 2.46 bits per heavy atom. The van der Waals surface area contributed by atoms with E-state index in [1.165, 1.54) is 18.1 Å². The first-order valence-electron chi connectivity index (χ1n) is 8.03. The van der Waals surface area contributed by atoms with Crippen LogP contribution in [0.5, 0.6) is 0 Å². The molecule has 24 heavy (non-hydrogen) atoms. The van der Waals surface area contributed by atoms with Crippen LogP contribution in [-0.2, 0) is 11.8 Å². The van der Waals surface area contributed by atoms with Crippen molar-refractivity contribution in [3.63, 3.8) is 0 Å². The maximum absolute atomic E-state index is 12.2. The van der Waals surface area contributed by atoms with Crippen molar-refractivity contribution in [1.82, 2.24) is 20.4 Å². The number of hydrogen-bond acceptors (Lipinski definition) is 3. The van der Waals surface area contributed by atoms with Crippen molar-refractivity contribution in [2.75, 3.05) is 13.1 Å². The second-order valence-corrected chi connectivity index (χ2v) is 5.93. The van der Waals surface area contributed by atoms with Crippen LogP contribution in [0.2, 0.25) is 0 Å². The first-order valence-corrected chi connectivity index (χ1v) is 8.03. The maximum atomic E-state index is 12.2. The molecule has 1 heterocycles. The minimum atomic E-state index is -0.205. The lowest BCUT2D eigenvalue weighted by atomic mass is 10.0. The lowest BCUT2D eigenvalue weighted by molar-refractivity contribution is -0.118. The van der Waals surface area contributed by atoms with E-state index in [0.29, 0.717) is 25.2 Å². The number of carbonyl (C=O) groups is 2. The highest BCUT2D eigenvalue weighted by molar-refractivity contribution is 5.93. The lowest BCUT2D eigenvalue weighted by Crippen LogP contribution is -2.29. The van der Waals surface area contributed by atoms with Crippen molar-refractivity contribution in [1.29, 1.82) is 0 Å². The Labute approximate surface area is 142 Å². The quantitative estimate of drug-likeness (QED) is 0.796. The third-order valence-electron chi connectivity index (χ3n) is 3.93. The fraction of sp³-hybridized carbons (Fsp3) is 0.389. The van der Waals surface area contributed by atoms with Crippen molar-refractivity contribution in [2.24, 2.45) is 7.05 Å². The maximum Gasteiger partial charge on any atom is 0.271 e. The monoisotopic (exact) mass is 328 g/mol. The minimum Gasteiger partial charge on any atom is -0.356 e. The molecule has 1 aromatic carbocycles. The van der Waals surface area contributed by atoms with E-state index in [1.807, 2.05) is 13.1 Å². The molecule has 2 rings (SSSR count). The van der Waals surface area contributed by atoms with Gasteiger partial charge in [-0.3, -0.25) is 14.3 Å². The Balaban J connectivity index is 2.01. The summed E-state index contributed by atoms with van der Waals surface area (Å²) in [5.74, 6) is -0.271. The number of amides is 2. The highest BCUT2D eigenvalue weighted by Gasteiger charge is 2.13. The number of carbonyl (C=O) groups excluding carboxylic acids is 2. The molecular weight excluding hydrogens is 304 g/mol. The number of benzene rings is 1. The first-order chi connectivity index (χ1) is 11.4. The van der Waals surface area contributed by atoms with Gasteiger partial charge in [-0.15, -0.1) is 0 Å². The molecule has 0 saturated heterocycles. The van der Waals surface area contributed by atoms with Crippen LogP contribution in [-0.4, -0.2) is 34.7 Å². The van der Waals surface area contributed by atoms with Crippen LogP contribution >= 0.6 is 0 Å². The van der Waals surface area contributed by atoms with Crippen LogP contribution in [0.4, 0.5) is 0 Å². The van der Waals surface area contributed by atoms with Gasteiger partial charge in [-0.1, -0.05) is 12.1 Å². The summed E-state index contributed by atoms with van der Waals surface area (Å²) in [5, 5.41) is 9.81. The SMILES string of the molecule is CC(=O)NCCCNC(=O)c1cc(-c2ccc(C)c(C)c2)n(C)n1. The molecule has 0 atom stereocenters. The molecule has 0 saturated carbocycles. The third kappa shape index (κ3) is 4.44. The number of nitrogens with one attached hydrogen (secondary N) is 2. The zero-order valence-corrected chi connectivity index (χ0v) is 14.6. The molecule has 6 heteroatoms. The first kappa shape index (κ1) is 17.7. The summed E-state index contributed by atoms with van der Waals surface area (Å²) >= 11 is 0. The Kier molecular flexibility index (Phi) is 5.73. The van der Waals surface area contributed by atoms with E-state index in [0.717, 1.165) is 11.3 Å². The van der Waals surface area contributed by atoms with Gasteiger partial charge in [-0.05, 0) is 43.5 Å². The van der Waals surface area contributed by atoms with Gasteiger partial charge in [0.15, 0.2) is 5.69 Å². The molecule has 1 aromatic heterocycles. The van der Waals surface area contributed by atoms with Crippen molar-refractivity contribution < 1.29 is 9.59 Å². The number of hydrogen-bond donors (Lipinski definition) is 2. The Hall–Kier alpha value is -2.63. The van der Waals surface area contributed by atoms with E-state index in [-0.39, 0.29) is 11.8 Å². The summed E-state index contributed by atoms with van der Waals surface area (Å²) in [6.07, 6.45) is 0.683. The van der Waals surface area contributed by atoms with E-state index in [1.54, 1.807) is 10.7 Å². The van der Waals surface area contributed by atoms with Gasteiger partial charge in [0.25, 0.3) is 5.91 Å². The van der Waals surface area contributed by atoms with E-state index in [4.69, 9.17) is 0 Å². The van der Waals surface area contributed by atoms with Crippen LogP contribution in [0, 0.1) is 13.8 Å². The fourth-order valence-corrected chi connectivity index (χ4v) is 2.39. The van der Waals surface area contributed by atoms with Crippen LogP contribution in [0.15, 0.2) is 24.3 Å². The second-order valence-electron chi connectivity index (χ2n) is 5.93. The molecule has 0 fully saturated rings. The molecule has 0 spiro atoms. The van der Waals surface area contributed by atoms with Crippen LogP contribution in [0.1, 0.15) is 35.0 Å². The molecule has 0 bridgehead atoms. The summed E-state index contributed by atoms with van der Waals surface area (Å²) < 4.78 is 1.72. The molecular formula is C18H24N4O2. The minimum absolute atomic E-state index is 0.0657. The molecule has 0 unspecified atom stereocenters. The number of aryl methyl sites for hydroxylation is 3. The van der Waals surface area contributed by atoms with Gasteiger partial charge in [0.2, 0.25) is 5.91 Å². The summed E-state index contributed by atoms with van der Waals surface area (Å²) in [7, 11) is 1.83. The van der Waals surface area contributed by atoms with E-state index < -0.39 is 0 Å². The van der Waals surface area contributed by atoms with Crippen molar-refractivity contribution in [3.8, 4) is 11.3 Å². The summed E-state index contributed by atoms with van der Waals surface area (Å²) in [6, 6.07) is 8.00. The lowest BCUT2D eigenvalue weighted by Gasteiger charge is -2.05. The third-order valence-corrected chi connectivity index (χ3v) is 3.93. The predicted octanol–water partition coefficient (Wildman–Crippen LogP) is 1.96. The molecule has 2 aromatic rings. The van der Waals surface area contributed by atoms with Crippen molar-refractivity contribution >= 4 is 11.8 Å².